The predicted molar refractivity (Wildman–Crippen MR) is 86.5 cm³/mol. The van der Waals surface area contributed by atoms with Gasteiger partial charge in [0.2, 0.25) is 0 Å². The molecular formula is C18H25NO2. The van der Waals surface area contributed by atoms with Crippen LogP contribution in [0.4, 0.5) is 5.69 Å². The normalized spacial score (nSPS) is 21.8. The molecule has 1 aliphatic carbocycles. The molecule has 114 valence electrons. The van der Waals surface area contributed by atoms with Crippen molar-refractivity contribution in [2.75, 3.05) is 5.32 Å². The second kappa shape index (κ2) is 6.79. The molecule has 0 amide bonds. The number of carboxylic acid groups (broad SMARTS) is 1. The van der Waals surface area contributed by atoms with E-state index in [4.69, 9.17) is 5.11 Å². The first-order valence-corrected chi connectivity index (χ1v) is 7.72. The molecule has 0 bridgehead atoms. The lowest BCUT2D eigenvalue weighted by molar-refractivity contribution is -0.136. The molecule has 1 aromatic rings. The number of aryl methyl sites for hydroxylation is 1. The van der Waals surface area contributed by atoms with E-state index in [1.54, 1.807) is 0 Å². The summed E-state index contributed by atoms with van der Waals surface area (Å²) in [5.41, 5.74) is 3.45. The summed E-state index contributed by atoms with van der Waals surface area (Å²) in [6.07, 6.45) is 3.09. The van der Waals surface area contributed by atoms with Crippen LogP contribution in [0.2, 0.25) is 0 Å². The first-order valence-electron chi connectivity index (χ1n) is 7.72. The molecule has 3 heteroatoms. The monoisotopic (exact) mass is 287 g/mol. The number of carbonyl (C=O) groups is 1. The second-order valence-corrected chi connectivity index (χ2v) is 6.32. The molecule has 0 spiro atoms. The zero-order valence-corrected chi connectivity index (χ0v) is 12.9. The molecule has 21 heavy (non-hydrogen) atoms. The van der Waals surface area contributed by atoms with Crippen molar-refractivity contribution in [2.24, 2.45) is 11.8 Å². The first kappa shape index (κ1) is 15.6. The van der Waals surface area contributed by atoms with Gasteiger partial charge in [-0.25, -0.2) is 0 Å². The Morgan fingerprint density at radius 3 is 2.62 bits per heavy atom. The van der Waals surface area contributed by atoms with Crippen molar-refractivity contribution < 1.29 is 9.90 Å². The highest BCUT2D eigenvalue weighted by Gasteiger charge is 2.32. The van der Waals surface area contributed by atoms with Crippen molar-refractivity contribution in [3.8, 4) is 0 Å². The molecule has 1 fully saturated rings. The van der Waals surface area contributed by atoms with Crippen LogP contribution in [0.3, 0.4) is 0 Å². The van der Waals surface area contributed by atoms with E-state index in [0.717, 1.165) is 17.7 Å². The van der Waals surface area contributed by atoms with Gasteiger partial charge in [-0.05, 0) is 48.8 Å². The van der Waals surface area contributed by atoms with Crippen LogP contribution in [-0.4, -0.2) is 17.1 Å². The van der Waals surface area contributed by atoms with Gasteiger partial charge in [0.25, 0.3) is 0 Å². The lowest BCUT2D eigenvalue weighted by Gasteiger charge is -2.26. The molecule has 0 heterocycles. The Morgan fingerprint density at radius 1 is 1.38 bits per heavy atom. The topological polar surface area (TPSA) is 49.3 Å². The minimum absolute atomic E-state index is 0.182. The van der Waals surface area contributed by atoms with Crippen LogP contribution in [-0.2, 0) is 11.2 Å². The Balaban J connectivity index is 1.99. The molecule has 2 unspecified atom stereocenters. The van der Waals surface area contributed by atoms with Gasteiger partial charge in [0.15, 0.2) is 0 Å². The first-order chi connectivity index (χ1) is 9.97. The number of hydrogen-bond donors (Lipinski definition) is 2. The van der Waals surface area contributed by atoms with Crippen LogP contribution in [0.1, 0.15) is 38.7 Å². The molecule has 0 radical (unpaired) electrons. The molecule has 3 nitrogen and oxygen atoms in total. The third-order valence-corrected chi connectivity index (χ3v) is 4.43. The summed E-state index contributed by atoms with van der Waals surface area (Å²) in [4.78, 5) is 10.6. The quantitative estimate of drug-likeness (QED) is 0.774. The van der Waals surface area contributed by atoms with Gasteiger partial charge in [0.1, 0.15) is 0 Å². The van der Waals surface area contributed by atoms with Crippen LogP contribution in [0.15, 0.2) is 36.4 Å². The third-order valence-electron chi connectivity index (χ3n) is 4.43. The number of hydrogen-bond acceptors (Lipinski definition) is 2. The fourth-order valence-electron chi connectivity index (χ4n) is 3.10. The van der Waals surface area contributed by atoms with E-state index in [1.807, 2.05) is 24.3 Å². The Hall–Kier alpha value is -1.77. The molecule has 2 rings (SSSR count). The van der Waals surface area contributed by atoms with E-state index in [-0.39, 0.29) is 6.42 Å². The molecule has 1 aliphatic rings. The molecule has 0 aliphatic heterocycles. The van der Waals surface area contributed by atoms with Crippen molar-refractivity contribution in [1.82, 2.24) is 0 Å². The van der Waals surface area contributed by atoms with E-state index < -0.39 is 5.97 Å². The maximum atomic E-state index is 10.6. The molecular weight excluding hydrogens is 262 g/mol. The third kappa shape index (κ3) is 4.10. The SMILES string of the molecule is C=C1CCC(C(C)C)C1Nc1ccc(CCC(=O)O)cc1. The van der Waals surface area contributed by atoms with Crippen molar-refractivity contribution >= 4 is 11.7 Å². The highest BCUT2D eigenvalue weighted by atomic mass is 16.4. The zero-order valence-electron chi connectivity index (χ0n) is 12.9. The van der Waals surface area contributed by atoms with E-state index in [9.17, 15) is 4.79 Å². The Kier molecular flexibility index (Phi) is 5.05. The number of aliphatic carboxylic acids is 1. The van der Waals surface area contributed by atoms with Crippen LogP contribution in [0.5, 0.6) is 0 Å². The van der Waals surface area contributed by atoms with Gasteiger partial charge >= 0.3 is 5.97 Å². The summed E-state index contributed by atoms with van der Waals surface area (Å²) in [7, 11) is 0. The van der Waals surface area contributed by atoms with Crippen LogP contribution >= 0.6 is 0 Å². The smallest absolute Gasteiger partial charge is 0.303 e. The summed E-state index contributed by atoms with van der Waals surface area (Å²) in [5, 5.41) is 12.3. The van der Waals surface area contributed by atoms with Gasteiger partial charge < -0.3 is 10.4 Å². The van der Waals surface area contributed by atoms with E-state index >= 15 is 0 Å². The molecule has 0 saturated heterocycles. The van der Waals surface area contributed by atoms with Gasteiger partial charge in [-0.15, -0.1) is 0 Å². The number of anilines is 1. The van der Waals surface area contributed by atoms with Crippen LogP contribution in [0, 0.1) is 11.8 Å². The second-order valence-electron chi connectivity index (χ2n) is 6.32. The lowest BCUT2D eigenvalue weighted by atomic mass is 9.90. The van der Waals surface area contributed by atoms with Crippen molar-refractivity contribution in [1.29, 1.82) is 0 Å². The maximum absolute atomic E-state index is 10.6. The molecule has 1 aromatic carbocycles. The van der Waals surface area contributed by atoms with Gasteiger partial charge in [-0.1, -0.05) is 38.1 Å². The zero-order chi connectivity index (χ0) is 15.4. The lowest BCUT2D eigenvalue weighted by Crippen LogP contribution is -2.28. The Labute approximate surface area is 127 Å². The highest BCUT2D eigenvalue weighted by Crippen LogP contribution is 2.36. The number of nitrogens with one attached hydrogen (secondary N) is 1. The average molecular weight is 287 g/mol. The van der Waals surface area contributed by atoms with E-state index in [2.05, 4.69) is 25.7 Å². The fraction of sp³-hybridized carbons (Fsp3) is 0.500. The standard InChI is InChI=1S/C18H25NO2/c1-12(2)16-10-4-13(3)18(16)19-15-8-5-14(6-9-15)7-11-17(20)21/h5-6,8-9,12,16,18-19H,3-4,7,10-11H2,1-2H3,(H,20,21). The predicted octanol–water partition coefficient (Wildman–Crippen LogP) is 4.11. The molecule has 1 saturated carbocycles. The summed E-state index contributed by atoms with van der Waals surface area (Å²) in [5.74, 6) is 0.542. The highest BCUT2D eigenvalue weighted by molar-refractivity contribution is 5.67. The van der Waals surface area contributed by atoms with Gasteiger partial charge in [0, 0.05) is 12.1 Å². The van der Waals surface area contributed by atoms with Crippen molar-refractivity contribution in [3.63, 3.8) is 0 Å². The number of rotatable bonds is 6. The summed E-state index contributed by atoms with van der Waals surface area (Å²) < 4.78 is 0. The maximum Gasteiger partial charge on any atom is 0.303 e. The Bertz CT molecular complexity index is 504. The average Bonchev–Trinajstić information content (AvgIpc) is 2.79. The Morgan fingerprint density at radius 2 is 2.05 bits per heavy atom. The van der Waals surface area contributed by atoms with Crippen LogP contribution < -0.4 is 5.32 Å². The molecule has 2 atom stereocenters. The summed E-state index contributed by atoms with van der Waals surface area (Å²) in [6.45, 7) is 8.74. The number of benzene rings is 1. The van der Waals surface area contributed by atoms with Crippen LogP contribution in [0.25, 0.3) is 0 Å². The van der Waals surface area contributed by atoms with E-state index in [1.165, 1.54) is 12.0 Å². The summed E-state index contributed by atoms with van der Waals surface area (Å²) >= 11 is 0. The number of carboxylic acids is 1. The largest absolute Gasteiger partial charge is 0.481 e. The van der Waals surface area contributed by atoms with Crippen molar-refractivity contribution in [3.05, 3.63) is 42.0 Å². The van der Waals surface area contributed by atoms with Gasteiger partial charge in [0.05, 0.1) is 6.04 Å². The molecule has 0 aromatic heterocycles. The summed E-state index contributed by atoms with van der Waals surface area (Å²) in [6, 6.07) is 8.45. The minimum Gasteiger partial charge on any atom is -0.481 e. The fourth-order valence-corrected chi connectivity index (χ4v) is 3.10. The minimum atomic E-state index is -0.751. The van der Waals surface area contributed by atoms with E-state index in [0.29, 0.717) is 24.3 Å². The van der Waals surface area contributed by atoms with Gasteiger partial charge in [-0.2, -0.15) is 0 Å². The van der Waals surface area contributed by atoms with Gasteiger partial charge in [-0.3, -0.25) is 4.79 Å². The molecule has 2 N–H and O–H groups in total. The van der Waals surface area contributed by atoms with Crippen molar-refractivity contribution in [2.45, 2.75) is 45.6 Å².